The van der Waals surface area contributed by atoms with Crippen molar-refractivity contribution in [3.05, 3.63) is 66.7 Å². The Balaban J connectivity index is 0.00000380. The van der Waals surface area contributed by atoms with E-state index in [1.54, 1.807) is 48.5 Å². The van der Waals surface area contributed by atoms with Crippen molar-refractivity contribution in [2.75, 3.05) is 14.2 Å². The van der Waals surface area contributed by atoms with Gasteiger partial charge in [-0.2, -0.15) is 18.6 Å². The molecule has 0 aromatic heterocycles. The number of nitrogens with zero attached hydrogens (tertiary/aromatic N) is 4. The summed E-state index contributed by atoms with van der Waals surface area (Å²) in [6, 6.07) is 16.7. The predicted molar refractivity (Wildman–Crippen MR) is 139 cm³/mol. The first-order valence-corrected chi connectivity index (χ1v) is 11.8. The number of benzene rings is 4. The molecule has 0 saturated heterocycles. The van der Waals surface area contributed by atoms with Crippen LogP contribution in [0.4, 0.5) is 22.7 Å². The van der Waals surface area contributed by atoms with Crippen LogP contribution < -0.4 is 9.47 Å². The molecule has 0 spiro atoms. The van der Waals surface area contributed by atoms with Crippen molar-refractivity contribution in [1.82, 2.24) is 0 Å². The Labute approximate surface area is 234 Å². The van der Waals surface area contributed by atoms with Gasteiger partial charge in [0, 0.05) is 10.8 Å². The van der Waals surface area contributed by atoms with E-state index in [1.807, 2.05) is 0 Å². The Morgan fingerprint density at radius 2 is 1.08 bits per heavy atom. The standard InChI is InChI=1S/C24H20N4O7S.Na.H/c1-34-16-7-3-14(4-8-16)25-27-21-19-12-11-18(36(31,32)33)13-20(19)22(24(30)23(21)29)28-26-15-5-9-17(35-2)10-6-15;;/h3-13,29-30H,1-2H3,(H,31,32,33);;/b27-25+,28-26+;;. The van der Waals surface area contributed by atoms with Crippen LogP contribution in [0.25, 0.3) is 10.8 Å². The van der Waals surface area contributed by atoms with Crippen LogP contribution in [0.5, 0.6) is 23.0 Å². The number of rotatable bonds is 7. The molecule has 13 heteroatoms. The van der Waals surface area contributed by atoms with Gasteiger partial charge < -0.3 is 19.7 Å². The molecule has 37 heavy (non-hydrogen) atoms. The number of hydrogen-bond donors (Lipinski definition) is 3. The summed E-state index contributed by atoms with van der Waals surface area (Å²) in [5.74, 6) is -0.118. The van der Waals surface area contributed by atoms with Crippen LogP contribution in [0, 0.1) is 0 Å². The number of fused-ring (bicyclic) bond motifs is 1. The average molecular weight is 533 g/mol. The molecule has 0 aliphatic rings. The molecular weight excluding hydrogens is 511 g/mol. The van der Waals surface area contributed by atoms with Crippen molar-refractivity contribution in [3.8, 4) is 23.0 Å². The van der Waals surface area contributed by atoms with Gasteiger partial charge in [0.05, 0.1) is 30.5 Å². The van der Waals surface area contributed by atoms with E-state index in [0.717, 1.165) is 12.1 Å². The second-order valence-corrected chi connectivity index (χ2v) is 8.79. The van der Waals surface area contributed by atoms with Gasteiger partial charge in [-0.3, -0.25) is 4.55 Å². The Kier molecular flexibility index (Phi) is 8.84. The van der Waals surface area contributed by atoms with Crippen molar-refractivity contribution in [2.24, 2.45) is 20.5 Å². The van der Waals surface area contributed by atoms with Crippen LogP contribution in [0.15, 0.2) is 92.1 Å². The molecular formula is C24H21N4NaO7S. The quantitative estimate of drug-likeness (QED) is 0.119. The summed E-state index contributed by atoms with van der Waals surface area (Å²) in [5, 5.41) is 38.0. The Morgan fingerprint density at radius 3 is 1.49 bits per heavy atom. The molecule has 0 saturated carbocycles. The topological polar surface area (TPSA) is 163 Å². The second-order valence-electron chi connectivity index (χ2n) is 7.37. The zero-order valence-electron chi connectivity index (χ0n) is 19.0. The van der Waals surface area contributed by atoms with E-state index < -0.39 is 26.5 Å². The van der Waals surface area contributed by atoms with Gasteiger partial charge in [-0.25, -0.2) is 0 Å². The summed E-state index contributed by atoms with van der Waals surface area (Å²) in [6.45, 7) is 0. The zero-order chi connectivity index (χ0) is 25.9. The van der Waals surface area contributed by atoms with Crippen LogP contribution in [0.2, 0.25) is 0 Å². The van der Waals surface area contributed by atoms with Gasteiger partial charge >= 0.3 is 29.6 Å². The second kappa shape index (κ2) is 11.7. The molecule has 4 rings (SSSR count). The van der Waals surface area contributed by atoms with Gasteiger partial charge in [0.15, 0.2) is 11.5 Å². The van der Waals surface area contributed by atoms with Crippen LogP contribution >= 0.6 is 0 Å². The molecule has 4 aromatic rings. The average Bonchev–Trinajstić information content (AvgIpc) is 2.88. The SMILES string of the molecule is COc1ccc(/N=N/c2c(O)c(O)c(/N=N/c3ccc(OC)cc3)c3cc(S(=O)(=O)O)ccc23)cc1.[NaH]. The normalized spacial score (nSPS) is 11.6. The summed E-state index contributed by atoms with van der Waals surface area (Å²) in [6.07, 6.45) is 0. The van der Waals surface area contributed by atoms with E-state index >= 15 is 0 Å². The fourth-order valence-corrected chi connectivity index (χ4v) is 3.79. The number of phenols is 2. The van der Waals surface area contributed by atoms with Gasteiger partial charge in [0.1, 0.15) is 22.9 Å². The predicted octanol–water partition coefficient (Wildman–Crippen LogP) is 5.70. The number of phenolic OH excluding ortho intramolecular Hbond substituents is 2. The molecule has 11 nitrogen and oxygen atoms in total. The van der Waals surface area contributed by atoms with Crippen molar-refractivity contribution in [3.63, 3.8) is 0 Å². The number of azo groups is 2. The molecule has 0 atom stereocenters. The molecule has 3 N–H and O–H groups in total. The van der Waals surface area contributed by atoms with Gasteiger partial charge in [0.2, 0.25) is 0 Å². The summed E-state index contributed by atoms with van der Waals surface area (Å²) in [4.78, 5) is -0.445. The van der Waals surface area contributed by atoms with Crippen molar-refractivity contribution in [1.29, 1.82) is 0 Å². The number of methoxy groups -OCH3 is 2. The van der Waals surface area contributed by atoms with Crippen molar-refractivity contribution in [2.45, 2.75) is 4.90 Å². The molecule has 0 aliphatic heterocycles. The van der Waals surface area contributed by atoms with Gasteiger partial charge in [-0.05, 0) is 60.7 Å². The molecule has 0 bridgehead atoms. The number of hydrogen-bond acceptors (Lipinski definition) is 10. The van der Waals surface area contributed by atoms with E-state index in [9.17, 15) is 23.2 Å². The Bertz CT molecular complexity index is 1590. The van der Waals surface area contributed by atoms with E-state index in [-0.39, 0.29) is 51.7 Å². The molecule has 0 aliphatic carbocycles. The maximum atomic E-state index is 11.8. The molecule has 4 aromatic carbocycles. The minimum atomic E-state index is -4.58. The summed E-state index contributed by atoms with van der Waals surface area (Å²) in [5.41, 5.74) is 0.466. The van der Waals surface area contributed by atoms with Crippen LogP contribution in [0.1, 0.15) is 0 Å². The number of aromatic hydroxyl groups is 2. The zero-order valence-corrected chi connectivity index (χ0v) is 19.8. The Hall–Kier alpha value is -3.55. The summed E-state index contributed by atoms with van der Waals surface area (Å²) < 4.78 is 43.2. The van der Waals surface area contributed by atoms with E-state index in [1.165, 1.54) is 20.3 Å². The molecule has 0 amide bonds. The van der Waals surface area contributed by atoms with Gasteiger partial charge in [-0.15, -0.1) is 10.2 Å². The summed E-state index contributed by atoms with van der Waals surface area (Å²) >= 11 is 0. The molecule has 186 valence electrons. The third-order valence-electron chi connectivity index (χ3n) is 5.15. The van der Waals surface area contributed by atoms with Crippen LogP contribution in [0.3, 0.4) is 0 Å². The third-order valence-corrected chi connectivity index (χ3v) is 6.00. The minimum absolute atomic E-state index is 0. The monoisotopic (exact) mass is 532 g/mol. The summed E-state index contributed by atoms with van der Waals surface area (Å²) in [7, 11) is -1.54. The van der Waals surface area contributed by atoms with Gasteiger partial charge in [0.25, 0.3) is 10.1 Å². The number of ether oxygens (including phenoxy) is 2. The first-order chi connectivity index (χ1) is 17.2. The molecule has 0 radical (unpaired) electrons. The van der Waals surface area contributed by atoms with Gasteiger partial charge in [-0.1, -0.05) is 6.07 Å². The third kappa shape index (κ3) is 6.24. The van der Waals surface area contributed by atoms with Crippen molar-refractivity contribution < 1.29 is 32.7 Å². The molecule has 0 heterocycles. The molecule has 0 fully saturated rings. The van der Waals surface area contributed by atoms with Crippen LogP contribution in [-0.4, -0.2) is 67.0 Å². The van der Waals surface area contributed by atoms with E-state index in [4.69, 9.17) is 9.47 Å². The van der Waals surface area contributed by atoms with Crippen molar-refractivity contribution >= 4 is 73.2 Å². The van der Waals surface area contributed by atoms with E-state index in [0.29, 0.717) is 22.9 Å². The fourth-order valence-electron chi connectivity index (χ4n) is 3.28. The molecule has 0 unspecified atom stereocenters. The fraction of sp³-hybridized carbons (Fsp3) is 0.0833. The van der Waals surface area contributed by atoms with E-state index in [2.05, 4.69) is 20.5 Å². The first kappa shape index (κ1) is 28.0. The van der Waals surface area contributed by atoms with Crippen LogP contribution in [-0.2, 0) is 10.1 Å². The first-order valence-electron chi connectivity index (χ1n) is 10.3. The Morgan fingerprint density at radius 1 is 0.649 bits per heavy atom. The maximum absolute atomic E-state index is 11.8.